The maximum absolute atomic E-state index is 9.98. The van der Waals surface area contributed by atoms with Gasteiger partial charge in [0.2, 0.25) is 5.36 Å². The number of hydrogen-bond acceptors (Lipinski definition) is 5. The number of fused-ring (bicyclic) bond motifs is 2. The Morgan fingerprint density at radius 2 is 1.56 bits per heavy atom. The van der Waals surface area contributed by atoms with Crippen LogP contribution >= 0.6 is 7.82 Å². The van der Waals surface area contributed by atoms with Gasteiger partial charge in [-0.05, 0) is 64.9 Å². The number of phosphoric ester groups is 1. The lowest BCUT2D eigenvalue weighted by Gasteiger charge is -2.22. The zero-order chi connectivity index (χ0) is 30.4. The van der Waals surface area contributed by atoms with Gasteiger partial charge in [-0.1, -0.05) is 43.7 Å². The largest absolute Gasteiger partial charge is 0.469 e. The molecule has 0 saturated carbocycles. The Morgan fingerprint density at radius 3 is 2.12 bits per heavy atom. The van der Waals surface area contributed by atoms with E-state index in [4.69, 9.17) is 14.2 Å². The summed E-state index contributed by atoms with van der Waals surface area (Å²) in [4.78, 5) is 18.6. The average Bonchev–Trinajstić information content (AvgIpc) is 2.98. The van der Waals surface area contributed by atoms with Crippen LogP contribution < -0.4 is 20.6 Å². The molecule has 2 aromatic rings. The van der Waals surface area contributed by atoms with Gasteiger partial charge in [0, 0.05) is 47.4 Å². The molecule has 1 aliphatic carbocycles. The summed E-state index contributed by atoms with van der Waals surface area (Å²) < 4.78 is 23.0. The van der Waals surface area contributed by atoms with Crippen LogP contribution in [0.1, 0.15) is 47.5 Å². The van der Waals surface area contributed by atoms with Gasteiger partial charge in [0.1, 0.15) is 24.4 Å². The van der Waals surface area contributed by atoms with Crippen LogP contribution in [0.25, 0.3) is 33.4 Å². The van der Waals surface area contributed by atoms with Crippen molar-refractivity contribution in [3.63, 3.8) is 0 Å². The van der Waals surface area contributed by atoms with Crippen molar-refractivity contribution in [3.8, 4) is 22.5 Å². The third-order valence-electron chi connectivity index (χ3n) is 6.77. The molecule has 2 aliphatic rings. The molecule has 2 aromatic carbocycles. The zero-order valence-electron chi connectivity index (χ0n) is 25.3. The van der Waals surface area contributed by atoms with Crippen LogP contribution in [0, 0.1) is 0 Å². The van der Waals surface area contributed by atoms with Gasteiger partial charge in [0.25, 0.3) is 0 Å². The molecule has 0 unspecified atom stereocenters. The van der Waals surface area contributed by atoms with E-state index in [-0.39, 0.29) is 6.61 Å². The van der Waals surface area contributed by atoms with Gasteiger partial charge >= 0.3 is 7.82 Å². The second-order valence-electron chi connectivity index (χ2n) is 9.23. The highest BCUT2D eigenvalue weighted by Crippen LogP contribution is 2.40. The number of unbranched alkanes of at least 4 members (excludes halogenated alkanes) is 1. The smallest absolute Gasteiger partial charge is 0.456 e. The predicted octanol–water partition coefficient (Wildman–Crippen LogP) is 6.33. The second kappa shape index (κ2) is 17.1. The van der Waals surface area contributed by atoms with E-state index in [1.807, 2.05) is 6.92 Å². The van der Waals surface area contributed by atoms with E-state index in [1.54, 1.807) is 0 Å². The van der Waals surface area contributed by atoms with E-state index in [2.05, 4.69) is 114 Å². The van der Waals surface area contributed by atoms with Gasteiger partial charge in [-0.25, -0.2) is 9.14 Å². The minimum Gasteiger partial charge on any atom is -0.456 e. The van der Waals surface area contributed by atoms with Gasteiger partial charge in [0.15, 0.2) is 0 Å². The van der Waals surface area contributed by atoms with Gasteiger partial charge < -0.3 is 24.8 Å². The van der Waals surface area contributed by atoms with Crippen LogP contribution in [0.3, 0.4) is 0 Å². The van der Waals surface area contributed by atoms with E-state index in [1.165, 1.54) is 29.2 Å². The summed E-state index contributed by atoms with van der Waals surface area (Å²) >= 11 is 0. The van der Waals surface area contributed by atoms with Crippen molar-refractivity contribution in [1.82, 2.24) is 4.58 Å². The molecular formula is C32H47N3O5P+. The Labute approximate surface area is 244 Å². The average molecular weight is 585 g/mol. The highest BCUT2D eigenvalue weighted by Gasteiger charge is 2.19. The van der Waals surface area contributed by atoms with Crippen LogP contribution in [0.15, 0.2) is 71.1 Å². The molecule has 1 heterocycles. The molecule has 0 bridgehead atoms. The molecule has 41 heavy (non-hydrogen) atoms. The molecule has 224 valence electrons. The van der Waals surface area contributed by atoms with Gasteiger partial charge in [0.05, 0.1) is 12.7 Å². The zero-order valence-corrected chi connectivity index (χ0v) is 26.2. The first kappa shape index (κ1) is 34.2. The molecule has 0 fully saturated rings. The molecule has 8 nitrogen and oxygen atoms in total. The maximum Gasteiger partial charge on any atom is 0.469 e. The maximum atomic E-state index is 9.98. The molecule has 0 saturated heterocycles. The Kier molecular flexibility index (Phi) is 14.2. The van der Waals surface area contributed by atoms with Crippen molar-refractivity contribution in [2.24, 2.45) is 5.73 Å². The molecule has 0 atom stereocenters. The molecule has 0 spiro atoms. The summed E-state index contributed by atoms with van der Waals surface area (Å²) in [6, 6.07) is 23.9. The summed E-state index contributed by atoms with van der Waals surface area (Å²) in [5.74, 6) is 0.933. The fraction of sp³-hybridized carbons (Fsp3) is 0.406. The Hall–Kier alpha value is -3.00. The highest BCUT2D eigenvalue weighted by atomic mass is 31.2. The third-order valence-corrected chi connectivity index (χ3v) is 7.28. The van der Waals surface area contributed by atoms with Crippen molar-refractivity contribution in [2.45, 2.75) is 47.5 Å². The fourth-order valence-electron chi connectivity index (χ4n) is 4.68. The number of rotatable bonds is 10. The van der Waals surface area contributed by atoms with E-state index in [0.29, 0.717) is 6.42 Å². The van der Waals surface area contributed by atoms with E-state index < -0.39 is 7.82 Å². The molecule has 0 amide bonds. The normalized spacial score (nSPS) is 11.0. The molecule has 0 radical (unpaired) electrons. The minimum atomic E-state index is -4.20. The van der Waals surface area contributed by atoms with Crippen molar-refractivity contribution in [3.05, 3.63) is 72.1 Å². The molecular weight excluding hydrogens is 537 g/mol. The standard InChI is InChI=1S/C27H31N2O.C4H11O4P.CH5N/c1-5-28(6-2)21-14-16-23-25(18-21)30-26-19-22(29(7-3)8-4)15-17-24(26)27(23)20-12-10-9-11-13-20;1-2-3-4-8-9(5,6)7;1-2/h9-19H,5-8H2,1-4H3;2-4H2,1H3,(H2,5,6,7);2H2,1H3/q+1;;. The van der Waals surface area contributed by atoms with E-state index in [9.17, 15) is 4.57 Å². The van der Waals surface area contributed by atoms with E-state index in [0.717, 1.165) is 54.9 Å². The number of phosphoric acid groups is 1. The Balaban J connectivity index is 0.000000459. The number of nitrogens with zero attached hydrogens (tertiary/aromatic N) is 2. The number of hydrogen-bond donors (Lipinski definition) is 3. The summed E-state index contributed by atoms with van der Waals surface area (Å²) in [6.07, 6.45) is 1.56. The lowest BCUT2D eigenvalue weighted by Crippen LogP contribution is -2.29. The van der Waals surface area contributed by atoms with Crippen molar-refractivity contribution >= 4 is 24.5 Å². The Bertz CT molecular complexity index is 1420. The summed E-state index contributed by atoms with van der Waals surface area (Å²) in [7, 11) is -2.70. The van der Waals surface area contributed by atoms with Crippen LogP contribution in [0.5, 0.6) is 0 Å². The number of benzene rings is 3. The quantitative estimate of drug-likeness (QED) is 0.0864. The van der Waals surface area contributed by atoms with Gasteiger partial charge in [-0.15, -0.1) is 0 Å². The van der Waals surface area contributed by atoms with Crippen LogP contribution in [-0.2, 0) is 9.09 Å². The SMILES string of the molecule is CCCCOP(=O)(O)O.CCN(CC)c1ccc2c(-c3ccccc3)c3ccc(=[N+](CC)CC)cc-3oc2c1.CN. The number of anilines is 1. The molecule has 4 rings (SSSR count). The topological polar surface area (TPSA) is 112 Å². The van der Waals surface area contributed by atoms with Crippen LogP contribution in [-0.4, -0.2) is 49.6 Å². The summed E-state index contributed by atoms with van der Waals surface area (Å²) in [6.45, 7) is 14.7. The first-order valence-electron chi connectivity index (χ1n) is 14.4. The second-order valence-corrected chi connectivity index (χ2v) is 10.5. The molecule has 4 N–H and O–H groups in total. The lowest BCUT2D eigenvalue weighted by molar-refractivity contribution is 0.194. The third kappa shape index (κ3) is 9.52. The van der Waals surface area contributed by atoms with Gasteiger partial charge in [-0.2, -0.15) is 0 Å². The molecule has 0 aromatic heterocycles. The monoisotopic (exact) mass is 584 g/mol. The van der Waals surface area contributed by atoms with Crippen LogP contribution in [0.2, 0.25) is 0 Å². The van der Waals surface area contributed by atoms with E-state index >= 15 is 0 Å². The molecule has 9 heteroatoms. The van der Waals surface area contributed by atoms with Crippen molar-refractivity contribution in [1.29, 1.82) is 0 Å². The Morgan fingerprint density at radius 1 is 0.902 bits per heavy atom. The lowest BCUT2D eigenvalue weighted by atomic mass is 9.93. The highest BCUT2D eigenvalue weighted by molar-refractivity contribution is 7.46. The van der Waals surface area contributed by atoms with Crippen LogP contribution in [0.4, 0.5) is 5.69 Å². The first-order chi connectivity index (χ1) is 19.8. The summed E-state index contributed by atoms with van der Waals surface area (Å²) in [5.41, 5.74) is 10.2. The predicted molar refractivity (Wildman–Crippen MR) is 171 cm³/mol. The van der Waals surface area contributed by atoms with Gasteiger partial charge in [-0.3, -0.25) is 4.52 Å². The fourth-order valence-corrected chi connectivity index (χ4v) is 5.05. The van der Waals surface area contributed by atoms with Crippen molar-refractivity contribution in [2.75, 3.05) is 44.7 Å². The summed E-state index contributed by atoms with van der Waals surface area (Å²) in [5, 5.41) is 2.36. The van der Waals surface area contributed by atoms with Crippen molar-refractivity contribution < 1.29 is 23.3 Å². The molecule has 1 aliphatic heterocycles. The first-order valence-corrected chi connectivity index (χ1v) is 16.0. The minimum absolute atomic E-state index is 0.140. The number of nitrogens with two attached hydrogens (primary N) is 1.